The predicted octanol–water partition coefficient (Wildman–Crippen LogP) is 2.58. The summed E-state index contributed by atoms with van der Waals surface area (Å²) in [5, 5.41) is 14.7. The second-order valence-electron chi connectivity index (χ2n) is 8.44. The van der Waals surface area contributed by atoms with Gasteiger partial charge in [0.15, 0.2) is 17.3 Å². The van der Waals surface area contributed by atoms with Gasteiger partial charge >= 0.3 is 0 Å². The molecule has 2 saturated carbocycles. The van der Waals surface area contributed by atoms with Gasteiger partial charge in [0.2, 0.25) is 0 Å². The number of hydrogen-bond acceptors (Lipinski definition) is 5. The molecule has 4 atom stereocenters. The molecule has 0 spiro atoms. The fourth-order valence-electron chi connectivity index (χ4n) is 5.16. The monoisotopic (exact) mass is 359 g/mol. The molecule has 5 nitrogen and oxygen atoms in total. The first-order valence-corrected chi connectivity index (χ1v) is 9.66. The molecule has 2 fully saturated rings. The van der Waals surface area contributed by atoms with E-state index in [1.165, 1.54) is 12.8 Å². The van der Waals surface area contributed by atoms with Crippen molar-refractivity contribution in [2.45, 2.75) is 56.6 Å². The highest BCUT2D eigenvalue weighted by atomic mass is 16.5. The number of ether oxygens (including phenoxy) is 2. The van der Waals surface area contributed by atoms with Gasteiger partial charge in [-0.3, -0.25) is 4.79 Å². The lowest BCUT2D eigenvalue weighted by Crippen LogP contribution is -2.57. The number of aromatic hydroxyl groups is 1. The van der Waals surface area contributed by atoms with Gasteiger partial charge in [-0.25, -0.2) is 0 Å². The fourth-order valence-corrected chi connectivity index (χ4v) is 5.16. The average Bonchev–Trinajstić information content (AvgIpc) is 3.43. The van der Waals surface area contributed by atoms with Crippen molar-refractivity contribution >= 4 is 5.78 Å². The molecule has 0 amide bonds. The quantitative estimate of drug-likeness (QED) is 0.846. The standard InChI is InChI=1S/C21H29NO4/c1-21-10-16(23)18(26-3)9-14(21)15(22-11-12-4-5-12)8-13-6-7-17(25-2)20(24)19(13)21/h6-7,12,14-15,18,22,24H,4-5,8-11H2,1-3H3/t14-,15?,18?,21?/m1/s1. The van der Waals surface area contributed by atoms with Crippen LogP contribution in [-0.4, -0.2) is 43.8 Å². The van der Waals surface area contributed by atoms with E-state index in [-0.39, 0.29) is 23.6 Å². The van der Waals surface area contributed by atoms with E-state index in [1.54, 1.807) is 14.2 Å². The number of rotatable bonds is 5. The van der Waals surface area contributed by atoms with Crippen molar-refractivity contribution in [2.24, 2.45) is 11.8 Å². The maximum absolute atomic E-state index is 12.7. The zero-order valence-electron chi connectivity index (χ0n) is 15.9. The molecule has 2 N–H and O–H groups in total. The second kappa shape index (κ2) is 6.54. The Hall–Kier alpha value is -1.59. The molecule has 0 aromatic heterocycles. The van der Waals surface area contributed by atoms with Crippen LogP contribution in [0, 0.1) is 11.8 Å². The maximum atomic E-state index is 12.7. The molecule has 0 aliphatic heterocycles. The van der Waals surface area contributed by atoms with E-state index >= 15 is 0 Å². The number of nitrogens with one attached hydrogen (secondary N) is 1. The summed E-state index contributed by atoms with van der Waals surface area (Å²) in [5.74, 6) is 1.85. The first-order chi connectivity index (χ1) is 12.5. The first kappa shape index (κ1) is 17.8. The number of fused-ring (bicyclic) bond motifs is 3. The van der Waals surface area contributed by atoms with Gasteiger partial charge in [0, 0.05) is 30.6 Å². The number of methoxy groups -OCH3 is 2. The molecule has 5 heteroatoms. The van der Waals surface area contributed by atoms with Crippen LogP contribution in [0.2, 0.25) is 0 Å². The number of phenols is 1. The van der Waals surface area contributed by atoms with Gasteiger partial charge in [0.05, 0.1) is 7.11 Å². The number of phenolic OH excluding ortho intramolecular Hbond substituents is 1. The summed E-state index contributed by atoms with van der Waals surface area (Å²) in [6.45, 7) is 3.17. The lowest BCUT2D eigenvalue weighted by atomic mass is 9.55. The summed E-state index contributed by atoms with van der Waals surface area (Å²) in [6, 6.07) is 4.18. The third-order valence-electron chi connectivity index (χ3n) is 6.78. The van der Waals surface area contributed by atoms with Crippen LogP contribution < -0.4 is 10.1 Å². The summed E-state index contributed by atoms with van der Waals surface area (Å²) < 4.78 is 10.8. The minimum atomic E-state index is -0.403. The van der Waals surface area contributed by atoms with Crippen LogP contribution in [-0.2, 0) is 21.4 Å². The Kier molecular flexibility index (Phi) is 4.48. The van der Waals surface area contributed by atoms with E-state index in [9.17, 15) is 9.90 Å². The Morgan fingerprint density at radius 3 is 2.73 bits per heavy atom. The fraction of sp³-hybridized carbons (Fsp3) is 0.667. The number of ketones is 1. The van der Waals surface area contributed by atoms with Crippen molar-refractivity contribution in [1.29, 1.82) is 0 Å². The minimum Gasteiger partial charge on any atom is -0.504 e. The van der Waals surface area contributed by atoms with E-state index in [0.29, 0.717) is 24.6 Å². The Bertz CT molecular complexity index is 714. The summed E-state index contributed by atoms with van der Waals surface area (Å²) in [7, 11) is 3.19. The van der Waals surface area contributed by atoms with Crippen molar-refractivity contribution < 1.29 is 19.4 Å². The number of benzene rings is 1. The van der Waals surface area contributed by atoms with E-state index in [0.717, 1.165) is 30.0 Å². The van der Waals surface area contributed by atoms with Gasteiger partial charge in [-0.05, 0) is 55.7 Å². The highest BCUT2D eigenvalue weighted by molar-refractivity contribution is 5.86. The number of Topliss-reactive ketones (excluding diaryl/α,β-unsaturated/α-hetero) is 1. The third-order valence-corrected chi connectivity index (χ3v) is 6.78. The molecule has 142 valence electrons. The number of hydrogen-bond donors (Lipinski definition) is 2. The van der Waals surface area contributed by atoms with Crippen molar-refractivity contribution in [3.63, 3.8) is 0 Å². The zero-order valence-corrected chi connectivity index (χ0v) is 15.9. The molecule has 0 saturated heterocycles. The summed E-state index contributed by atoms with van der Waals surface area (Å²) >= 11 is 0. The molecule has 4 rings (SSSR count). The minimum absolute atomic E-state index is 0.127. The van der Waals surface area contributed by atoms with Gasteiger partial charge in [0.1, 0.15) is 6.10 Å². The lowest BCUT2D eigenvalue weighted by Gasteiger charge is -2.51. The Labute approximate surface area is 155 Å². The molecule has 0 radical (unpaired) electrons. The number of carbonyl (C=O) groups excluding carboxylic acids is 1. The highest BCUT2D eigenvalue weighted by Gasteiger charge is 2.53. The molecule has 1 aromatic rings. The summed E-state index contributed by atoms with van der Waals surface area (Å²) in [4.78, 5) is 12.7. The van der Waals surface area contributed by atoms with E-state index in [4.69, 9.17) is 9.47 Å². The molecular formula is C21H29NO4. The first-order valence-electron chi connectivity index (χ1n) is 9.66. The van der Waals surface area contributed by atoms with E-state index in [1.807, 2.05) is 12.1 Å². The predicted molar refractivity (Wildman–Crippen MR) is 98.8 cm³/mol. The van der Waals surface area contributed by atoms with Crippen molar-refractivity contribution in [2.75, 3.05) is 20.8 Å². The molecule has 0 bridgehead atoms. The van der Waals surface area contributed by atoms with Gasteiger partial charge < -0.3 is 19.9 Å². The Morgan fingerprint density at radius 2 is 2.08 bits per heavy atom. The van der Waals surface area contributed by atoms with Crippen LogP contribution in [0.4, 0.5) is 0 Å². The maximum Gasteiger partial charge on any atom is 0.162 e. The van der Waals surface area contributed by atoms with Crippen LogP contribution in [0.3, 0.4) is 0 Å². The van der Waals surface area contributed by atoms with E-state index < -0.39 is 5.41 Å². The van der Waals surface area contributed by atoms with Crippen LogP contribution in [0.1, 0.15) is 43.7 Å². The van der Waals surface area contributed by atoms with Crippen LogP contribution in [0.5, 0.6) is 11.5 Å². The van der Waals surface area contributed by atoms with Gasteiger partial charge in [-0.1, -0.05) is 13.0 Å². The highest BCUT2D eigenvalue weighted by Crippen LogP contribution is 2.54. The molecule has 0 heterocycles. The molecule has 3 aliphatic rings. The normalized spacial score (nSPS) is 33.5. The van der Waals surface area contributed by atoms with Crippen LogP contribution in [0.25, 0.3) is 0 Å². The summed E-state index contributed by atoms with van der Waals surface area (Å²) in [5.41, 5.74) is 1.62. The van der Waals surface area contributed by atoms with Crippen molar-refractivity contribution in [1.82, 2.24) is 5.32 Å². The third kappa shape index (κ3) is 2.81. The largest absolute Gasteiger partial charge is 0.504 e. The second-order valence-corrected chi connectivity index (χ2v) is 8.44. The molecule has 3 aliphatic carbocycles. The molecule has 26 heavy (non-hydrogen) atoms. The van der Waals surface area contributed by atoms with Crippen LogP contribution >= 0.6 is 0 Å². The molecular weight excluding hydrogens is 330 g/mol. The van der Waals surface area contributed by atoms with Gasteiger partial charge in [-0.2, -0.15) is 0 Å². The Balaban J connectivity index is 1.76. The topological polar surface area (TPSA) is 67.8 Å². The van der Waals surface area contributed by atoms with Crippen LogP contribution in [0.15, 0.2) is 12.1 Å². The summed E-state index contributed by atoms with van der Waals surface area (Å²) in [6.07, 6.45) is 4.25. The lowest BCUT2D eigenvalue weighted by molar-refractivity contribution is -0.137. The zero-order chi connectivity index (χ0) is 18.5. The smallest absolute Gasteiger partial charge is 0.162 e. The SMILES string of the molecule is COc1ccc2c(c1O)C1(C)CC(=O)C(OC)C[C@@H]1C(NCC1CC1)C2. The van der Waals surface area contributed by atoms with Gasteiger partial charge in [-0.15, -0.1) is 0 Å². The van der Waals surface area contributed by atoms with E-state index in [2.05, 4.69) is 12.2 Å². The van der Waals surface area contributed by atoms with Crippen molar-refractivity contribution in [3.8, 4) is 11.5 Å². The van der Waals surface area contributed by atoms with Crippen molar-refractivity contribution in [3.05, 3.63) is 23.3 Å². The molecule has 1 aromatic carbocycles. The average molecular weight is 359 g/mol. The van der Waals surface area contributed by atoms with Gasteiger partial charge in [0.25, 0.3) is 0 Å². The Morgan fingerprint density at radius 1 is 1.31 bits per heavy atom. The molecule has 3 unspecified atom stereocenters. The number of carbonyl (C=O) groups is 1.